The molecule has 3 aliphatic heterocycles. The first-order valence-electron chi connectivity index (χ1n) is 18.8. The van der Waals surface area contributed by atoms with Crippen LogP contribution in [0.3, 0.4) is 0 Å². The minimum atomic E-state index is -0.465. The zero-order valence-corrected chi connectivity index (χ0v) is 30.3. The summed E-state index contributed by atoms with van der Waals surface area (Å²) in [7, 11) is 3.57. The van der Waals surface area contributed by atoms with E-state index in [-0.39, 0.29) is 23.8 Å². The highest BCUT2D eigenvalue weighted by Crippen LogP contribution is 2.43. The molecule has 1 spiro atoms. The Hall–Kier alpha value is -5.37. The smallest absolute Gasteiger partial charge is 0.270 e. The summed E-state index contributed by atoms with van der Waals surface area (Å²) >= 11 is 0. The maximum atomic E-state index is 13.1. The van der Waals surface area contributed by atoms with Crippen LogP contribution in [0, 0.1) is 5.41 Å². The molecule has 3 amide bonds. The molecule has 274 valence electrons. The lowest BCUT2D eigenvalue weighted by molar-refractivity contribution is -0.135. The standard InChI is InChI=1S/C39H45N11O3/c1-46(2)37(53)32-18-26-20-41-38(45-35(26)49(32)27-6-3-4-7-27)43-33-12-10-25(19-40-33)22-47-23-39(24-47)14-16-48(17-15-39)29-8-5-9-30-28(29)21-42-50(30)31-11-13-34(51)44-36(31)52/h5,8-10,12,18-21,27,31H,3-4,6-7,11,13-17,22-24H2,1-2H3,(H,44,51,52)(H,40,41,43,45). The summed E-state index contributed by atoms with van der Waals surface area (Å²) in [6.45, 7) is 4.96. The van der Waals surface area contributed by atoms with Crippen molar-refractivity contribution in [2.45, 2.75) is 70.0 Å². The second-order valence-electron chi connectivity index (χ2n) is 15.6. The van der Waals surface area contributed by atoms with E-state index in [9.17, 15) is 14.4 Å². The Morgan fingerprint density at radius 1 is 1.00 bits per heavy atom. The van der Waals surface area contributed by atoms with Gasteiger partial charge < -0.3 is 19.7 Å². The van der Waals surface area contributed by atoms with Gasteiger partial charge in [0.15, 0.2) is 0 Å². The van der Waals surface area contributed by atoms with Crippen LogP contribution < -0.4 is 15.5 Å². The first kappa shape index (κ1) is 33.5. The number of hydrogen-bond acceptors (Lipinski definition) is 10. The van der Waals surface area contributed by atoms with Gasteiger partial charge in [-0.1, -0.05) is 25.0 Å². The van der Waals surface area contributed by atoms with Crippen molar-refractivity contribution in [1.82, 2.24) is 44.4 Å². The molecule has 14 heteroatoms. The Morgan fingerprint density at radius 2 is 1.81 bits per heavy atom. The number of carbonyl (C=O) groups is 3. The number of rotatable bonds is 8. The van der Waals surface area contributed by atoms with E-state index >= 15 is 0 Å². The van der Waals surface area contributed by atoms with Crippen molar-refractivity contribution in [3.63, 3.8) is 0 Å². The van der Waals surface area contributed by atoms with E-state index in [1.807, 2.05) is 36.7 Å². The van der Waals surface area contributed by atoms with Crippen LogP contribution in [-0.2, 0) is 16.1 Å². The Balaban J connectivity index is 0.810. The molecule has 1 saturated carbocycles. The lowest BCUT2D eigenvalue weighted by Crippen LogP contribution is -2.59. The van der Waals surface area contributed by atoms with E-state index < -0.39 is 6.04 Å². The van der Waals surface area contributed by atoms with Crippen molar-refractivity contribution in [1.29, 1.82) is 0 Å². The third kappa shape index (κ3) is 6.18. The molecule has 4 fully saturated rings. The molecule has 53 heavy (non-hydrogen) atoms. The number of likely N-dealkylation sites (tertiary alicyclic amines) is 1. The molecule has 4 aliphatic rings. The van der Waals surface area contributed by atoms with E-state index in [2.05, 4.69) is 47.2 Å². The second-order valence-corrected chi connectivity index (χ2v) is 15.6. The normalized spacial score (nSPS) is 20.6. The summed E-state index contributed by atoms with van der Waals surface area (Å²) in [5.41, 5.74) is 5.03. The highest BCUT2D eigenvalue weighted by Gasteiger charge is 2.45. The minimum Gasteiger partial charge on any atom is -0.371 e. The number of pyridine rings is 1. The fraction of sp³-hybridized carbons (Fsp3) is 0.462. The number of nitrogens with one attached hydrogen (secondary N) is 2. The first-order chi connectivity index (χ1) is 25.7. The molecular formula is C39H45N11O3. The third-order valence-electron chi connectivity index (χ3n) is 11.8. The molecule has 0 radical (unpaired) electrons. The highest BCUT2D eigenvalue weighted by molar-refractivity contribution is 6.01. The Kier molecular flexibility index (Phi) is 8.36. The highest BCUT2D eigenvalue weighted by atomic mass is 16.2. The Morgan fingerprint density at radius 3 is 2.55 bits per heavy atom. The van der Waals surface area contributed by atoms with Gasteiger partial charge in [0, 0.05) is 88.1 Å². The number of nitrogens with zero attached hydrogens (tertiary/aromatic N) is 9. The molecule has 1 atom stereocenters. The van der Waals surface area contributed by atoms with Crippen LogP contribution in [0.25, 0.3) is 21.9 Å². The van der Waals surface area contributed by atoms with Crippen molar-refractivity contribution in [3.8, 4) is 0 Å². The van der Waals surface area contributed by atoms with Gasteiger partial charge >= 0.3 is 0 Å². The van der Waals surface area contributed by atoms with Gasteiger partial charge in [0.2, 0.25) is 11.9 Å². The van der Waals surface area contributed by atoms with Gasteiger partial charge in [-0.25, -0.2) is 9.97 Å². The number of aromatic nitrogens is 6. The molecule has 0 bridgehead atoms. The van der Waals surface area contributed by atoms with Crippen LogP contribution in [-0.4, -0.2) is 97.1 Å². The summed E-state index contributed by atoms with van der Waals surface area (Å²) in [5, 5.41) is 12.3. The van der Waals surface area contributed by atoms with E-state index in [1.165, 1.54) is 5.56 Å². The number of anilines is 3. The van der Waals surface area contributed by atoms with Gasteiger partial charge in [0.25, 0.3) is 11.8 Å². The lowest BCUT2D eigenvalue weighted by atomic mass is 9.72. The molecule has 1 unspecified atom stereocenters. The average Bonchev–Trinajstić information content (AvgIpc) is 3.91. The zero-order chi connectivity index (χ0) is 36.3. The molecule has 5 aromatic rings. The van der Waals surface area contributed by atoms with Crippen molar-refractivity contribution in [3.05, 3.63) is 66.2 Å². The number of benzene rings is 1. The Labute approximate surface area is 307 Å². The van der Waals surface area contributed by atoms with Crippen LogP contribution in [0.1, 0.15) is 79.5 Å². The number of imide groups is 1. The van der Waals surface area contributed by atoms with Crippen molar-refractivity contribution in [2.75, 3.05) is 50.5 Å². The predicted molar refractivity (Wildman–Crippen MR) is 201 cm³/mol. The number of hydrogen-bond donors (Lipinski definition) is 2. The molecule has 4 aromatic heterocycles. The number of amides is 3. The fourth-order valence-electron chi connectivity index (χ4n) is 9.01. The van der Waals surface area contributed by atoms with Crippen LogP contribution in [0.2, 0.25) is 0 Å². The summed E-state index contributed by atoms with van der Waals surface area (Å²) in [6.07, 6.45) is 13.0. The summed E-state index contributed by atoms with van der Waals surface area (Å²) in [4.78, 5) is 58.0. The first-order valence-corrected chi connectivity index (χ1v) is 18.8. The molecule has 9 rings (SSSR count). The predicted octanol–water partition coefficient (Wildman–Crippen LogP) is 4.82. The minimum absolute atomic E-state index is 0.0210. The monoisotopic (exact) mass is 715 g/mol. The van der Waals surface area contributed by atoms with Crippen LogP contribution in [0.5, 0.6) is 0 Å². The second kappa shape index (κ2) is 13.2. The third-order valence-corrected chi connectivity index (χ3v) is 11.8. The summed E-state index contributed by atoms with van der Waals surface area (Å²) in [6, 6.07) is 12.0. The van der Waals surface area contributed by atoms with Crippen LogP contribution >= 0.6 is 0 Å². The molecule has 1 aliphatic carbocycles. The number of piperidine rings is 2. The number of fused-ring (bicyclic) bond motifs is 2. The summed E-state index contributed by atoms with van der Waals surface area (Å²) in [5.74, 6) is 0.629. The van der Waals surface area contributed by atoms with Crippen molar-refractivity contribution < 1.29 is 14.4 Å². The molecule has 14 nitrogen and oxygen atoms in total. The number of carbonyl (C=O) groups excluding carboxylic acids is 3. The van der Waals surface area contributed by atoms with Crippen LogP contribution in [0.15, 0.2) is 55.0 Å². The van der Waals surface area contributed by atoms with Crippen LogP contribution in [0.4, 0.5) is 17.5 Å². The maximum absolute atomic E-state index is 13.1. The molecular weight excluding hydrogens is 671 g/mol. The molecule has 2 N–H and O–H groups in total. The van der Waals surface area contributed by atoms with Gasteiger partial charge in [-0.3, -0.25) is 29.3 Å². The Bertz CT molecular complexity index is 2200. The van der Waals surface area contributed by atoms with Gasteiger partial charge in [-0.05, 0) is 67.3 Å². The topological polar surface area (TPSA) is 146 Å². The van der Waals surface area contributed by atoms with Crippen molar-refractivity contribution >= 4 is 57.1 Å². The van der Waals surface area contributed by atoms with Crippen molar-refractivity contribution in [2.24, 2.45) is 5.41 Å². The van der Waals surface area contributed by atoms with Gasteiger partial charge in [-0.15, -0.1) is 0 Å². The van der Waals surface area contributed by atoms with E-state index in [1.54, 1.807) is 29.9 Å². The molecule has 7 heterocycles. The fourth-order valence-corrected chi connectivity index (χ4v) is 9.01. The zero-order valence-electron chi connectivity index (χ0n) is 30.3. The molecule has 3 saturated heterocycles. The van der Waals surface area contributed by atoms with E-state index in [0.717, 1.165) is 98.9 Å². The average molecular weight is 716 g/mol. The maximum Gasteiger partial charge on any atom is 0.270 e. The molecule has 1 aromatic carbocycles. The summed E-state index contributed by atoms with van der Waals surface area (Å²) < 4.78 is 3.90. The van der Waals surface area contributed by atoms with E-state index in [4.69, 9.17) is 9.97 Å². The van der Waals surface area contributed by atoms with Gasteiger partial charge in [0.05, 0.1) is 11.7 Å². The van der Waals surface area contributed by atoms with Gasteiger partial charge in [0.1, 0.15) is 23.2 Å². The quantitative estimate of drug-likeness (QED) is 0.215. The van der Waals surface area contributed by atoms with E-state index in [0.29, 0.717) is 35.7 Å². The SMILES string of the molecule is CN(C)C(=O)c1cc2cnc(Nc3ccc(CN4CC5(CCN(c6cccc7c6cnn7C6CCC(=O)NC6=O)CC5)C4)cn3)nc2n1C1CCCC1. The van der Waals surface area contributed by atoms with Gasteiger partial charge in [-0.2, -0.15) is 10.1 Å². The largest absolute Gasteiger partial charge is 0.371 e. The lowest BCUT2D eigenvalue weighted by Gasteiger charge is -2.54.